The van der Waals surface area contributed by atoms with E-state index in [1.54, 1.807) is 0 Å². The molecule has 0 radical (unpaired) electrons. The molecule has 0 bridgehead atoms. The van der Waals surface area contributed by atoms with Gasteiger partial charge in [0, 0.05) is 19.5 Å². The van der Waals surface area contributed by atoms with E-state index in [9.17, 15) is 8.42 Å². The second-order valence-electron chi connectivity index (χ2n) is 5.41. The molecule has 5 nitrogen and oxygen atoms in total. The highest BCUT2D eigenvalue weighted by Crippen LogP contribution is 2.27. The second kappa shape index (κ2) is 5.71. The molecule has 1 saturated heterocycles. The monoisotopic (exact) mass is 296 g/mol. The van der Waals surface area contributed by atoms with E-state index >= 15 is 0 Å². The highest BCUT2D eigenvalue weighted by atomic mass is 32.2. The molecule has 110 valence electrons. The van der Waals surface area contributed by atoms with E-state index < -0.39 is 10.0 Å². The Morgan fingerprint density at radius 1 is 1.35 bits per heavy atom. The molecule has 0 spiro atoms. The van der Waals surface area contributed by atoms with E-state index in [4.69, 9.17) is 4.74 Å². The quantitative estimate of drug-likeness (QED) is 0.856. The molecule has 20 heavy (non-hydrogen) atoms. The molecule has 0 aromatic heterocycles. The molecular formula is C14H20N2O3S. The van der Waals surface area contributed by atoms with Gasteiger partial charge in [-0.25, -0.2) is 13.1 Å². The first-order chi connectivity index (χ1) is 9.65. The maximum absolute atomic E-state index is 12.2. The van der Waals surface area contributed by atoms with E-state index in [2.05, 4.69) is 10.0 Å². The number of hydrogen-bond acceptors (Lipinski definition) is 4. The lowest BCUT2D eigenvalue weighted by molar-refractivity contribution is 0.235. The SMILES string of the molecule is O=S(=O)(NCC1Cc2ccccc2O1)C1CCCNC1. The number of ether oxygens (including phenoxy) is 1. The number of fused-ring (bicyclic) bond motifs is 1. The average Bonchev–Trinajstić information content (AvgIpc) is 2.89. The van der Waals surface area contributed by atoms with Gasteiger partial charge in [0.25, 0.3) is 0 Å². The molecule has 2 unspecified atom stereocenters. The molecule has 2 atom stereocenters. The molecule has 0 saturated carbocycles. The smallest absolute Gasteiger partial charge is 0.215 e. The van der Waals surface area contributed by atoms with Crippen molar-refractivity contribution in [2.24, 2.45) is 0 Å². The van der Waals surface area contributed by atoms with Gasteiger partial charge in [0.2, 0.25) is 10.0 Å². The van der Waals surface area contributed by atoms with E-state index in [1.807, 2.05) is 24.3 Å². The summed E-state index contributed by atoms with van der Waals surface area (Å²) in [6.07, 6.45) is 2.31. The number of para-hydroxylation sites is 1. The van der Waals surface area contributed by atoms with Gasteiger partial charge in [-0.2, -0.15) is 0 Å². The van der Waals surface area contributed by atoms with Crippen LogP contribution in [0.1, 0.15) is 18.4 Å². The Balaban J connectivity index is 1.55. The molecule has 6 heteroatoms. The molecule has 0 amide bonds. The Bertz CT molecular complexity index is 543. The molecule has 2 N–H and O–H groups in total. The van der Waals surface area contributed by atoms with Crippen molar-refractivity contribution >= 4 is 10.0 Å². The summed E-state index contributed by atoms with van der Waals surface area (Å²) in [5.41, 5.74) is 1.15. The summed E-state index contributed by atoms with van der Waals surface area (Å²) in [6.45, 7) is 1.79. The van der Waals surface area contributed by atoms with Gasteiger partial charge in [0.05, 0.1) is 5.25 Å². The number of piperidine rings is 1. The largest absolute Gasteiger partial charge is 0.488 e. The minimum absolute atomic E-state index is 0.0984. The molecule has 1 fully saturated rings. The van der Waals surface area contributed by atoms with Gasteiger partial charge in [0.1, 0.15) is 11.9 Å². The van der Waals surface area contributed by atoms with Crippen LogP contribution in [0.25, 0.3) is 0 Å². The Kier molecular flexibility index (Phi) is 3.96. The molecule has 0 aliphatic carbocycles. The predicted octanol–water partition coefficient (Wildman–Crippen LogP) is 0.661. The van der Waals surface area contributed by atoms with Crippen molar-refractivity contribution in [3.05, 3.63) is 29.8 Å². The molecule has 1 aromatic rings. The van der Waals surface area contributed by atoms with E-state index in [1.165, 1.54) is 0 Å². The van der Waals surface area contributed by atoms with Crippen LogP contribution in [0.15, 0.2) is 24.3 Å². The summed E-state index contributed by atoms with van der Waals surface area (Å²) in [5, 5.41) is 2.81. The maximum atomic E-state index is 12.2. The summed E-state index contributed by atoms with van der Waals surface area (Å²) in [7, 11) is -3.25. The number of rotatable bonds is 4. The molecular weight excluding hydrogens is 276 g/mol. The zero-order chi connectivity index (χ0) is 14.0. The Labute approximate surface area is 119 Å². The molecule has 3 rings (SSSR count). The van der Waals surface area contributed by atoms with Gasteiger partial charge in [-0.3, -0.25) is 0 Å². The van der Waals surface area contributed by atoms with E-state index in [0.29, 0.717) is 13.1 Å². The Morgan fingerprint density at radius 2 is 2.20 bits per heavy atom. The van der Waals surface area contributed by atoms with E-state index in [-0.39, 0.29) is 11.4 Å². The lowest BCUT2D eigenvalue weighted by Gasteiger charge is -2.23. The third-order valence-corrected chi connectivity index (χ3v) is 5.77. The highest BCUT2D eigenvalue weighted by molar-refractivity contribution is 7.90. The highest BCUT2D eigenvalue weighted by Gasteiger charge is 2.29. The van der Waals surface area contributed by atoms with Crippen molar-refractivity contribution in [2.75, 3.05) is 19.6 Å². The van der Waals surface area contributed by atoms with Crippen LogP contribution in [-0.2, 0) is 16.4 Å². The fraction of sp³-hybridized carbons (Fsp3) is 0.571. The summed E-state index contributed by atoms with van der Waals surface area (Å²) in [5.74, 6) is 0.871. The number of hydrogen-bond donors (Lipinski definition) is 2. The first-order valence-corrected chi connectivity index (χ1v) is 8.63. The third kappa shape index (κ3) is 2.97. The number of benzene rings is 1. The zero-order valence-electron chi connectivity index (χ0n) is 11.3. The lowest BCUT2D eigenvalue weighted by Crippen LogP contribution is -2.46. The van der Waals surface area contributed by atoms with Gasteiger partial charge in [-0.1, -0.05) is 18.2 Å². The number of sulfonamides is 1. The van der Waals surface area contributed by atoms with Gasteiger partial charge >= 0.3 is 0 Å². The van der Waals surface area contributed by atoms with Crippen LogP contribution in [0.2, 0.25) is 0 Å². The third-order valence-electron chi connectivity index (χ3n) is 3.92. The van der Waals surface area contributed by atoms with Crippen molar-refractivity contribution in [3.63, 3.8) is 0 Å². The lowest BCUT2D eigenvalue weighted by atomic mass is 10.1. The minimum Gasteiger partial charge on any atom is -0.488 e. The van der Waals surface area contributed by atoms with Gasteiger partial charge in [0.15, 0.2) is 0 Å². The van der Waals surface area contributed by atoms with Crippen LogP contribution in [0.5, 0.6) is 5.75 Å². The van der Waals surface area contributed by atoms with Crippen LogP contribution in [0, 0.1) is 0 Å². The van der Waals surface area contributed by atoms with Crippen LogP contribution < -0.4 is 14.8 Å². The van der Waals surface area contributed by atoms with Gasteiger partial charge < -0.3 is 10.1 Å². The molecule has 1 aromatic carbocycles. The van der Waals surface area contributed by atoms with Crippen molar-refractivity contribution in [2.45, 2.75) is 30.6 Å². The van der Waals surface area contributed by atoms with Crippen molar-refractivity contribution in [1.82, 2.24) is 10.0 Å². The summed E-state index contributed by atoms with van der Waals surface area (Å²) in [4.78, 5) is 0. The molecule has 2 heterocycles. The Hall–Kier alpha value is -1.11. The minimum atomic E-state index is -3.25. The fourth-order valence-corrected chi connectivity index (χ4v) is 4.25. The van der Waals surface area contributed by atoms with Crippen LogP contribution >= 0.6 is 0 Å². The molecule has 2 aliphatic heterocycles. The van der Waals surface area contributed by atoms with Gasteiger partial charge in [-0.05, 0) is 31.0 Å². The first kappa shape index (κ1) is 13.9. The topological polar surface area (TPSA) is 67.4 Å². The van der Waals surface area contributed by atoms with E-state index in [0.717, 1.165) is 37.1 Å². The molecule has 2 aliphatic rings. The number of nitrogens with one attached hydrogen (secondary N) is 2. The van der Waals surface area contributed by atoms with Crippen molar-refractivity contribution in [3.8, 4) is 5.75 Å². The zero-order valence-corrected chi connectivity index (χ0v) is 12.2. The maximum Gasteiger partial charge on any atom is 0.215 e. The summed E-state index contributed by atoms with van der Waals surface area (Å²) < 4.78 is 32.9. The van der Waals surface area contributed by atoms with Crippen molar-refractivity contribution in [1.29, 1.82) is 0 Å². The summed E-state index contributed by atoms with van der Waals surface area (Å²) >= 11 is 0. The van der Waals surface area contributed by atoms with Crippen LogP contribution in [0.4, 0.5) is 0 Å². The predicted molar refractivity (Wildman–Crippen MR) is 77.4 cm³/mol. The Morgan fingerprint density at radius 3 is 2.95 bits per heavy atom. The summed E-state index contributed by atoms with van der Waals surface area (Å²) in [6, 6.07) is 7.85. The standard InChI is InChI=1S/C14H20N2O3S/c17-20(18,13-5-3-7-15-10-13)16-9-12-8-11-4-1-2-6-14(11)19-12/h1-2,4,6,12-13,15-16H,3,5,7-10H2. The van der Waals surface area contributed by atoms with Crippen molar-refractivity contribution < 1.29 is 13.2 Å². The second-order valence-corrected chi connectivity index (χ2v) is 7.46. The first-order valence-electron chi connectivity index (χ1n) is 7.09. The van der Waals surface area contributed by atoms with Gasteiger partial charge in [-0.15, -0.1) is 0 Å². The van der Waals surface area contributed by atoms with Crippen LogP contribution in [-0.4, -0.2) is 39.4 Å². The fourth-order valence-electron chi connectivity index (χ4n) is 2.78. The average molecular weight is 296 g/mol. The normalized spacial score (nSPS) is 26.0. The van der Waals surface area contributed by atoms with Crippen LogP contribution in [0.3, 0.4) is 0 Å².